The Morgan fingerprint density at radius 3 is 2.47 bits per heavy atom. The zero-order valence-electron chi connectivity index (χ0n) is 8.85. The maximum absolute atomic E-state index is 11.7. The van der Waals surface area contributed by atoms with Crippen molar-refractivity contribution in [2.75, 3.05) is 26.4 Å². The van der Waals surface area contributed by atoms with E-state index in [1.54, 1.807) is 0 Å². The van der Waals surface area contributed by atoms with E-state index in [0.717, 1.165) is 0 Å². The topological polar surface area (TPSA) is 44.5 Å². The molecule has 0 bridgehead atoms. The molecule has 0 amide bonds. The summed E-state index contributed by atoms with van der Waals surface area (Å²) in [6.45, 7) is 3.00. The molecule has 0 aliphatic rings. The van der Waals surface area contributed by atoms with Crippen LogP contribution in [0.25, 0.3) is 0 Å². The Morgan fingerprint density at radius 2 is 2.00 bits per heavy atom. The fourth-order valence-corrected chi connectivity index (χ4v) is 1.01. The third-order valence-electron chi connectivity index (χ3n) is 1.72. The SMILES string of the molecule is CCOC(CN)COCCCC(F)(F)F. The first-order valence-corrected chi connectivity index (χ1v) is 4.95. The largest absolute Gasteiger partial charge is 0.389 e. The second kappa shape index (κ2) is 7.90. The summed E-state index contributed by atoms with van der Waals surface area (Å²) in [6.07, 6.45) is -5.15. The highest BCUT2D eigenvalue weighted by Crippen LogP contribution is 2.20. The van der Waals surface area contributed by atoms with Crippen LogP contribution in [0.5, 0.6) is 0 Å². The molecule has 15 heavy (non-hydrogen) atoms. The molecule has 3 nitrogen and oxygen atoms in total. The summed E-state index contributed by atoms with van der Waals surface area (Å²) < 4.78 is 45.4. The highest BCUT2D eigenvalue weighted by molar-refractivity contribution is 4.57. The van der Waals surface area contributed by atoms with E-state index >= 15 is 0 Å². The first-order valence-electron chi connectivity index (χ1n) is 4.95. The number of hydrogen-bond acceptors (Lipinski definition) is 3. The van der Waals surface area contributed by atoms with E-state index in [2.05, 4.69) is 0 Å². The van der Waals surface area contributed by atoms with Gasteiger partial charge in [-0.2, -0.15) is 13.2 Å². The normalized spacial score (nSPS) is 14.2. The van der Waals surface area contributed by atoms with Crippen molar-refractivity contribution in [2.45, 2.75) is 32.0 Å². The maximum Gasteiger partial charge on any atom is 0.389 e. The lowest BCUT2D eigenvalue weighted by atomic mass is 10.3. The van der Waals surface area contributed by atoms with Crippen LogP contribution in [0.3, 0.4) is 0 Å². The molecule has 0 rings (SSSR count). The molecule has 92 valence electrons. The minimum atomic E-state index is -4.10. The molecule has 0 saturated heterocycles. The van der Waals surface area contributed by atoms with E-state index < -0.39 is 12.6 Å². The molecule has 0 aliphatic heterocycles. The number of alkyl halides is 3. The minimum absolute atomic E-state index is 0.0209. The Labute approximate surface area is 87.7 Å². The van der Waals surface area contributed by atoms with Gasteiger partial charge in [0.25, 0.3) is 0 Å². The molecule has 0 heterocycles. The van der Waals surface area contributed by atoms with Crippen LogP contribution >= 0.6 is 0 Å². The molecule has 1 atom stereocenters. The molecule has 0 spiro atoms. The summed E-state index contributed by atoms with van der Waals surface area (Å²) in [5, 5.41) is 0. The van der Waals surface area contributed by atoms with Gasteiger partial charge in [-0.25, -0.2) is 0 Å². The van der Waals surface area contributed by atoms with Crippen molar-refractivity contribution in [1.82, 2.24) is 0 Å². The van der Waals surface area contributed by atoms with Crippen LogP contribution in [0.15, 0.2) is 0 Å². The zero-order valence-corrected chi connectivity index (χ0v) is 8.85. The van der Waals surface area contributed by atoms with Crippen molar-refractivity contribution in [1.29, 1.82) is 0 Å². The molecular weight excluding hydrogens is 211 g/mol. The summed E-state index contributed by atoms with van der Waals surface area (Å²) >= 11 is 0. The van der Waals surface area contributed by atoms with Crippen LogP contribution in [-0.2, 0) is 9.47 Å². The van der Waals surface area contributed by atoms with E-state index in [0.29, 0.717) is 13.2 Å². The van der Waals surface area contributed by atoms with Crippen molar-refractivity contribution < 1.29 is 22.6 Å². The number of halogens is 3. The fraction of sp³-hybridized carbons (Fsp3) is 1.00. The van der Waals surface area contributed by atoms with Gasteiger partial charge in [0.2, 0.25) is 0 Å². The van der Waals surface area contributed by atoms with Crippen LogP contribution in [-0.4, -0.2) is 38.6 Å². The standard InChI is InChI=1S/C9H18F3NO2/c1-2-15-8(6-13)7-14-5-3-4-9(10,11)12/h8H,2-7,13H2,1H3. The van der Waals surface area contributed by atoms with E-state index in [9.17, 15) is 13.2 Å². The molecule has 2 N–H and O–H groups in total. The van der Waals surface area contributed by atoms with E-state index in [4.69, 9.17) is 15.2 Å². The molecule has 0 radical (unpaired) electrons. The monoisotopic (exact) mass is 229 g/mol. The second-order valence-electron chi connectivity index (χ2n) is 3.11. The molecule has 1 unspecified atom stereocenters. The molecule has 0 aromatic heterocycles. The van der Waals surface area contributed by atoms with Gasteiger partial charge < -0.3 is 15.2 Å². The van der Waals surface area contributed by atoms with Crippen LogP contribution in [0.2, 0.25) is 0 Å². The Bertz CT molecular complexity index is 153. The summed E-state index contributed by atoms with van der Waals surface area (Å²) in [5.74, 6) is 0. The lowest BCUT2D eigenvalue weighted by Gasteiger charge is -2.15. The summed E-state index contributed by atoms with van der Waals surface area (Å²) in [5.41, 5.74) is 5.36. The van der Waals surface area contributed by atoms with Crippen LogP contribution in [0, 0.1) is 0 Å². The van der Waals surface area contributed by atoms with Crippen molar-refractivity contribution in [3.05, 3.63) is 0 Å². The lowest BCUT2D eigenvalue weighted by Crippen LogP contribution is -2.29. The van der Waals surface area contributed by atoms with E-state index in [1.165, 1.54) is 0 Å². The van der Waals surface area contributed by atoms with Crippen LogP contribution in [0.4, 0.5) is 13.2 Å². The fourth-order valence-electron chi connectivity index (χ4n) is 1.01. The average molecular weight is 229 g/mol. The van der Waals surface area contributed by atoms with Gasteiger partial charge in [-0.1, -0.05) is 0 Å². The van der Waals surface area contributed by atoms with Gasteiger partial charge in [0.1, 0.15) is 0 Å². The molecule has 0 aromatic rings. The van der Waals surface area contributed by atoms with Crippen molar-refractivity contribution in [2.24, 2.45) is 5.73 Å². The highest BCUT2D eigenvalue weighted by Gasteiger charge is 2.25. The van der Waals surface area contributed by atoms with Crippen LogP contribution in [0.1, 0.15) is 19.8 Å². The minimum Gasteiger partial charge on any atom is -0.379 e. The maximum atomic E-state index is 11.7. The third-order valence-corrected chi connectivity index (χ3v) is 1.72. The van der Waals surface area contributed by atoms with Gasteiger partial charge in [-0.05, 0) is 13.3 Å². The Kier molecular flexibility index (Phi) is 7.72. The predicted octanol–water partition coefficient (Wildman–Crippen LogP) is 1.71. The van der Waals surface area contributed by atoms with E-state index in [1.807, 2.05) is 6.92 Å². The Hall–Kier alpha value is -0.330. The lowest BCUT2D eigenvalue weighted by molar-refractivity contribution is -0.138. The molecule has 0 aromatic carbocycles. The van der Waals surface area contributed by atoms with Crippen LogP contribution < -0.4 is 5.73 Å². The van der Waals surface area contributed by atoms with Gasteiger partial charge in [0, 0.05) is 26.2 Å². The Balaban J connectivity index is 3.36. The van der Waals surface area contributed by atoms with Gasteiger partial charge in [-0.15, -0.1) is 0 Å². The molecule has 0 saturated carbocycles. The first-order chi connectivity index (χ1) is 6.99. The first kappa shape index (κ1) is 14.7. The molecule has 0 fully saturated rings. The number of hydrogen-bond donors (Lipinski definition) is 1. The van der Waals surface area contributed by atoms with Crippen molar-refractivity contribution in [3.8, 4) is 0 Å². The zero-order chi connectivity index (χ0) is 11.7. The van der Waals surface area contributed by atoms with E-state index in [-0.39, 0.29) is 25.7 Å². The predicted molar refractivity (Wildman–Crippen MR) is 50.6 cm³/mol. The smallest absolute Gasteiger partial charge is 0.379 e. The quantitative estimate of drug-likeness (QED) is 0.644. The Morgan fingerprint density at radius 1 is 1.33 bits per heavy atom. The van der Waals surface area contributed by atoms with Crippen molar-refractivity contribution >= 4 is 0 Å². The number of ether oxygens (including phenoxy) is 2. The third kappa shape index (κ3) is 9.96. The molecule has 0 aliphatic carbocycles. The van der Waals surface area contributed by atoms with Gasteiger partial charge in [-0.3, -0.25) is 0 Å². The van der Waals surface area contributed by atoms with Gasteiger partial charge in [0.15, 0.2) is 0 Å². The second-order valence-corrected chi connectivity index (χ2v) is 3.11. The summed E-state index contributed by atoms with van der Waals surface area (Å²) in [4.78, 5) is 0. The number of rotatable bonds is 8. The van der Waals surface area contributed by atoms with Gasteiger partial charge >= 0.3 is 6.18 Å². The number of nitrogens with two attached hydrogens (primary N) is 1. The average Bonchev–Trinajstić information content (AvgIpc) is 2.14. The van der Waals surface area contributed by atoms with Crippen molar-refractivity contribution in [3.63, 3.8) is 0 Å². The summed E-state index contributed by atoms with van der Waals surface area (Å²) in [6, 6.07) is 0. The summed E-state index contributed by atoms with van der Waals surface area (Å²) in [7, 11) is 0. The molecular formula is C9H18F3NO2. The molecule has 6 heteroatoms. The van der Waals surface area contributed by atoms with Gasteiger partial charge in [0.05, 0.1) is 12.7 Å². The highest BCUT2D eigenvalue weighted by atomic mass is 19.4.